The third-order valence-electron chi connectivity index (χ3n) is 3.23. The molecule has 0 aliphatic rings. The molecule has 0 N–H and O–H groups in total. The zero-order chi connectivity index (χ0) is 14.4. The van der Waals surface area contributed by atoms with E-state index >= 15 is 0 Å². The summed E-state index contributed by atoms with van der Waals surface area (Å²) in [6.07, 6.45) is 0.654. The Morgan fingerprint density at radius 3 is 2.30 bits per heavy atom. The monoisotopic (exact) mass is 267 g/mol. The van der Waals surface area contributed by atoms with Crippen molar-refractivity contribution in [3.63, 3.8) is 0 Å². The van der Waals surface area contributed by atoms with Crippen LogP contribution in [-0.2, 0) is 6.42 Å². The molecule has 0 saturated heterocycles. The summed E-state index contributed by atoms with van der Waals surface area (Å²) in [6, 6.07) is 17.8. The lowest BCUT2D eigenvalue weighted by molar-refractivity contribution is 0.413. The summed E-state index contributed by atoms with van der Waals surface area (Å²) in [5.41, 5.74) is 2.05. The molecular formula is C17H17NO2. The molecule has 0 saturated carbocycles. The van der Waals surface area contributed by atoms with Crippen molar-refractivity contribution in [2.24, 2.45) is 0 Å². The molecule has 0 aliphatic carbocycles. The standard InChI is InChI=1S/C17H17NO2/c1-19-16-7-3-5-13(10-16)9-15(12-18)14-6-4-8-17(11-14)20-2/h3-8,10-11,15H,9H2,1-2H3/t15-/m0/s1. The number of nitrogens with zero attached hydrogens (tertiary/aromatic N) is 1. The molecule has 0 unspecified atom stereocenters. The maximum atomic E-state index is 9.41. The van der Waals surface area contributed by atoms with Crippen LogP contribution in [0.2, 0.25) is 0 Å². The third-order valence-corrected chi connectivity index (χ3v) is 3.23. The minimum Gasteiger partial charge on any atom is -0.497 e. The van der Waals surface area contributed by atoms with Crippen LogP contribution in [0.25, 0.3) is 0 Å². The number of nitriles is 1. The Hall–Kier alpha value is -2.47. The van der Waals surface area contributed by atoms with Crippen molar-refractivity contribution in [3.05, 3.63) is 59.7 Å². The van der Waals surface area contributed by atoms with Crippen LogP contribution in [0.5, 0.6) is 11.5 Å². The molecule has 0 aromatic heterocycles. The second kappa shape index (κ2) is 6.63. The van der Waals surface area contributed by atoms with Crippen LogP contribution >= 0.6 is 0 Å². The van der Waals surface area contributed by atoms with E-state index in [-0.39, 0.29) is 5.92 Å². The Bertz CT molecular complexity index is 616. The van der Waals surface area contributed by atoms with Gasteiger partial charge in [0.05, 0.1) is 26.2 Å². The van der Waals surface area contributed by atoms with E-state index in [1.54, 1.807) is 14.2 Å². The van der Waals surface area contributed by atoms with Crippen molar-refractivity contribution in [3.8, 4) is 17.6 Å². The van der Waals surface area contributed by atoms with Crippen LogP contribution in [0, 0.1) is 11.3 Å². The first-order valence-corrected chi connectivity index (χ1v) is 6.43. The van der Waals surface area contributed by atoms with E-state index in [9.17, 15) is 5.26 Å². The number of methoxy groups -OCH3 is 2. The zero-order valence-corrected chi connectivity index (χ0v) is 11.7. The lowest BCUT2D eigenvalue weighted by atomic mass is 9.93. The first kappa shape index (κ1) is 14.0. The largest absolute Gasteiger partial charge is 0.497 e. The summed E-state index contributed by atoms with van der Waals surface area (Å²) in [4.78, 5) is 0. The van der Waals surface area contributed by atoms with Gasteiger partial charge in [-0.25, -0.2) is 0 Å². The summed E-state index contributed by atoms with van der Waals surface area (Å²) in [6.45, 7) is 0. The van der Waals surface area contributed by atoms with Gasteiger partial charge in [0, 0.05) is 0 Å². The second-order valence-corrected chi connectivity index (χ2v) is 4.51. The van der Waals surface area contributed by atoms with E-state index in [1.807, 2.05) is 48.5 Å². The van der Waals surface area contributed by atoms with Crippen LogP contribution in [-0.4, -0.2) is 14.2 Å². The molecule has 2 rings (SSSR count). The van der Waals surface area contributed by atoms with Gasteiger partial charge in [-0.3, -0.25) is 0 Å². The number of ether oxygens (including phenoxy) is 2. The fourth-order valence-electron chi connectivity index (χ4n) is 2.13. The van der Waals surface area contributed by atoms with Crippen molar-refractivity contribution in [2.45, 2.75) is 12.3 Å². The van der Waals surface area contributed by atoms with E-state index in [1.165, 1.54) is 0 Å². The zero-order valence-electron chi connectivity index (χ0n) is 11.7. The first-order valence-electron chi connectivity index (χ1n) is 6.43. The molecular weight excluding hydrogens is 250 g/mol. The highest BCUT2D eigenvalue weighted by molar-refractivity contribution is 5.36. The average Bonchev–Trinajstić information content (AvgIpc) is 2.52. The fraction of sp³-hybridized carbons (Fsp3) is 0.235. The highest BCUT2D eigenvalue weighted by Gasteiger charge is 2.12. The van der Waals surface area contributed by atoms with Crippen molar-refractivity contribution in [1.29, 1.82) is 5.26 Å². The minimum atomic E-state index is -0.197. The molecule has 2 aromatic carbocycles. The summed E-state index contributed by atoms with van der Waals surface area (Å²) < 4.78 is 10.4. The average molecular weight is 267 g/mol. The maximum absolute atomic E-state index is 9.41. The normalized spacial score (nSPS) is 11.4. The van der Waals surface area contributed by atoms with Gasteiger partial charge in [0.1, 0.15) is 11.5 Å². The van der Waals surface area contributed by atoms with Gasteiger partial charge in [-0.05, 0) is 41.8 Å². The SMILES string of the molecule is COc1cccc(C[C@@H](C#N)c2cccc(OC)c2)c1. The van der Waals surface area contributed by atoms with Crippen molar-refractivity contribution >= 4 is 0 Å². The molecule has 0 amide bonds. The smallest absolute Gasteiger partial charge is 0.119 e. The van der Waals surface area contributed by atoms with Crippen molar-refractivity contribution in [2.75, 3.05) is 14.2 Å². The number of hydrogen-bond acceptors (Lipinski definition) is 3. The molecule has 1 atom stereocenters. The third kappa shape index (κ3) is 3.30. The van der Waals surface area contributed by atoms with Crippen LogP contribution in [0.3, 0.4) is 0 Å². The van der Waals surface area contributed by atoms with Gasteiger partial charge < -0.3 is 9.47 Å². The molecule has 3 nitrogen and oxygen atoms in total. The summed E-state index contributed by atoms with van der Waals surface area (Å²) in [5.74, 6) is 1.38. The highest BCUT2D eigenvalue weighted by atomic mass is 16.5. The van der Waals surface area contributed by atoms with Gasteiger partial charge >= 0.3 is 0 Å². The molecule has 3 heteroatoms. The summed E-state index contributed by atoms with van der Waals surface area (Å²) in [7, 11) is 3.27. The molecule has 2 aromatic rings. The molecule has 102 valence electrons. The Kier molecular flexibility index (Phi) is 4.62. The van der Waals surface area contributed by atoms with E-state index in [4.69, 9.17) is 9.47 Å². The number of rotatable bonds is 5. The molecule has 0 aliphatic heterocycles. The molecule has 0 radical (unpaired) electrons. The summed E-state index contributed by atoms with van der Waals surface area (Å²) in [5, 5.41) is 9.41. The quantitative estimate of drug-likeness (QED) is 0.832. The van der Waals surface area contributed by atoms with E-state index in [2.05, 4.69) is 6.07 Å². The van der Waals surface area contributed by atoms with Gasteiger partial charge in [-0.15, -0.1) is 0 Å². The van der Waals surface area contributed by atoms with Gasteiger partial charge in [0.25, 0.3) is 0 Å². The van der Waals surface area contributed by atoms with Gasteiger partial charge in [0.15, 0.2) is 0 Å². The second-order valence-electron chi connectivity index (χ2n) is 4.51. The summed E-state index contributed by atoms with van der Waals surface area (Å²) >= 11 is 0. The van der Waals surface area contributed by atoms with Gasteiger partial charge in [0.2, 0.25) is 0 Å². The topological polar surface area (TPSA) is 42.2 Å². The Morgan fingerprint density at radius 2 is 1.65 bits per heavy atom. The minimum absolute atomic E-state index is 0.197. The first-order chi connectivity index (χ1) is 9.76. The molecule has 0 fully saturated rings. The van der Waals surface area contributed by atoms with Gasteiger partial charge in [-0.2, -0.15) is 5.26 Å². The predicted molar refractivity (Wildman–Crippen MR) is 78.0 cm³/mol. The molecule has 20 heavy (non-hydrogen) atoms. The van der Waals surface area contributed by atoms with E-state index in [0.717, 1.165) is 22.6 Å². The molecule has 0 bridgehead atoms. The van der Waals surface area contributed by atoms with Crippen LogP contribution in [0.1, 0.15) is 17.0 Å². The number of benzene rings is 2. The fourth-order valence-corrected chi connectivity index (χ4v) is 2.13. The Balaban J connectivity index is 2.22. The lowest BCUT2D eigenvalue weighted by Gasteiger charge is -2.11. The molecule has 0 heterocycles. The van der Waals surface area contributed by atoms with Crippen molar-refractivity contribution < 1.29 is 9.47 Å². The van der Waals surface area contributed by atoms with Crippen LogP contribution in [0.15, 0.2) is 48.5 Å². The predicted octanol–water partition coefficient (Wildman–Crippen LogP) is 3.55. The van der Waals surface area contributed by atoms with E-state index < -0.39 is 0 Å². The highest BCUT2D eigenvalue weighted by Crippen LogP contribution is 2.25. The van der Waals surface area contributed by atoms with Crippen LogP contribution < -0.4 is 9.47 Å². The van der Waals surface area contributed by atoms with E-state index in [0.29, 0.717) is 6.42 Å². The lowest BCUT2D eigenvalue weighted by Crippen LogP contribution is -2.01. The van der Waals surface area contributed by atoms with Crippen LogP contribution in [0.4, 0.5) is 0 Å². The Morgan fingerprint density at radius 1 is 1.00 bits per heavy atom. The maximum Gasteiger partial charge on any atom is 0.119 e. The molecule has 0 spiro atoms. The van der Waals surface area contributed by atoms with Crippen molar-refractivity contribution in [1.82, 2.24) is 0 Å². The number of hydrogen-bond donors (Lipinski definition) is 0. The Labute approximate surface area is 119 Å². The van der Waals surface area contributed by atoms with Gasteiger partial charge in [-0.1, -0.05) is 24.3 Å².